The summed E-state index contributed by atoms with van der Waals surface area (Å²) in [6.45, 7) is 9.98. The van der Waals surface area contributed by atoms with Gasteiger partial charge in [0.1, 0.15) is 0 Å². The molecule has 0 saturated heterocycles. The van der Waals surface area contributed by atoms with Crippen molar-refractivity contribution < 1.29 is 4.74 Å². The van der Waals surface area contributed by atoms with Gasteiger partial charge in [-0.3, -0.25) is 0 Å². The quantitative estimate of drug-likeness (QED) is 0.832. The van der Waals surface area contributed by atoms with E-state index in [1.165, 1.54) is 5.56 Å². The summed E-state index contributed by atoms with van der Waals surface area (Å²) in [5, 5.41) is 3.46. The standard InChI is InChI=1S/C14H22BrNO/c1-11(12-7-5-6-8-13(12)15)16-9-10-17-14(2,3)4/h5-8,11,16H,9-10H2,1-4H3/t11-/m1/s1. The van der Waals surface area contributed by atoms with E-state index in [1.54, 1.807) is 0 Å². The fourth-order valence-electron chi connectivity index (χ4n) is 1.57. The molecule has 3 heteroatoms. The van der Waals surface area contributed by atoms with Gasteiger partial charge >= 0.3 is 0 Å². The van der Waals surface area contributed by atoms with Crippen molar-refractivity contribution in [1.29, 1.82) is 0 Å². The lowest BCUT2D eigenvalue weighted by Crippen LogP contribution is -2.28. The van der Waals surface area contributed by atoms with E-state index in [4.69, 9.17) is 4.74 Å². The zero-order valence-electron chi connectivity index (χ0n) is 11.1. The number of ether oxygens (including phenoxy) is 1. The molecule has 1 N–H and O–H groups in total. The van der Waals surface area contributed by atoms with Crippen LogP contribution in [0.25, 0.3) is 0 Å². The smallest absolute Gasteiger partial charge is 0.0599 e. The summed E-state index contributed by atoms with van der Waals surface area (Å²) in [4.78, 5) is 0. The molecular weight excluding hydrogens is 278 g/mol. The highest BCUT2D eigenvalue weighted by molar-refractivity contribution is 9.10. The highest BCUT2D eigenvalue weighted by Gasteiger charge is 2.11. The summed E-state index contributed by atoms with van der Waals surface area (Å²) in [5.74, 6) is 0. The lowest BCUT2D eigenvalue weighted by atomic mass is 10.1. The molecule has 2 nitrogen and oxygen atoms in total. The van der Waals surface area contributed by atoms with Crippen LogP contribution in [0.2, 0.25) is 0 Å². The maximum atomic E-state index is 5.67. The predicted octanol–water partition coefficient (Wildman–Crippen LogP) is 3.91. The number of rotatable bonds is 5. The van der Waals surface area contributed by atoms with E-state index in [1.807, 2.05) is 6.07 Å². The van der Waals surface area contributed by atoms with Gasteiger partial charge in [0.05, 0.1) is 12.2 Å². The van der Waals surface area contributed by atoms with Crippen LogP contribution in [-0.2, 0) is 4.74 Å². The van der Waals surface area contributed by atoms with Crippen molar-refractivity contribution in [3.05, 3.63) is 34.3 Å². The largest absolute Gasteiger partial charge is 0.375 e. The second kappa shape index (κ2) is 6.53. The Morgan fingerprint density at radius 1 is 1.29 bits per heavy atom. The first-order valence-corrected chi connectivity index (χ1v) is 6.81. The van der Waals surface area contributed by atoms with Gasteiger partial charge in [-0.1, -0.05) is 34.1 Å². The van der Waals surface area contributed by atoms with Gasteiger partial charge in [-0.05, 0) is 39.3 Å². The van der Waals surface area contributed by atoms with Crippen molar-refractivity contribution in [3.8, 4) is 0 Å². The molecular formula is C14H22BrNO. The number of nitrogens with one attached hydrogen (secondary N) is 1. The molecule has 0 radical (unpaired) electrons. The van der Waals surface area contributed by atoms with Crippen LogP contribution in [0.5, 0.6) is 0 Å². The molecule has 0 bridgehead atoms. The Morgan fingerprint density at radius 3 is 2.53 bits per heavy atom. The van der Waals surface area contributed by atoms with E-state index in [0.29, 0.717) is 6.04 Å². The van der Waals surface area contributed by atoms with Crippen molar-refractivity contribution in [1.82, 2.24) is 5.32 Å². The molecule has 0 aliphatic heterocycles. The van der Waals surface area contributed by atoms with Gasteiger partial charge in [0.2, 0.25) is 0 Å². The SMILES string of the molecule is C[C@@H](NCCOC(C)(C)C)c1ccccc1Br. The minimum absolute atomic E-state index is 0.0573. The van der Waals surface area contributed by atoms with Crippen molar-refractivity contribution >= 4 is 15.9 Å². The zero-order valence-corrected chi connectivity index (χ0v) is 12.7. The first-order valence-electron chi connectivity index (χ1n) is 6.02. The molecule has 0 amide bonds. The predicted molar refractivity (Wildman–Crippen MR) is 76.3 cm³/mol. The summed E-state index contributed by atoms with van der Waals surface area (Å²) < 4.78 is 6.82. The van der Waals surface area contributed by atoms with Crippen LogP contribution >= 0.6 is 15.9 Å². The van der Waals surface area contributed by atoms with Crippen LogP contribution in [0.1, 0.15) is 39.3 Å². The third-order valence-corrected chi connectivity index (χ3v) is 3.18. The third kappa shape index (κ3) is 5.66. The van der Waals surface area contributed by atoms with Crippen molar-refractivity contribution in [2.24, 2.45) is 0 Å². The lowest BCUT2D eigenvalue weighted by molar-refractivity contribution is -0.00149. The van der Waals surface area contributed by atoms with Gasteiger partial charge in [0, 0.05) is 17.1 Å². The van der Waals surface area contributed by atoms with Gasteiger partial charge in [-0.25, -0.2) is 0 Å². The molecule has 96 valence electrons. The maximum absolute atomic E-state index is 5.67. The van der Waals surface area contributed by atoms with Crippen LogP contribution in [0.4, 0.5) is 0 Å². The average molecular weight is 300 g/mol. The van der Waals surface area contributed by atoms with Crippen molar-refractivity contribution in [2.75, 3.05) is 13.2 Å². The van der Waals surface area contributed by atoms with E-state index in [-0.39, 0.29) is 5.60 Å². The fourth-order valence-corrected chi connectivity index (χ4v) is 2.20. The number of benzene rings is 1. The summed E-state index contributed by atoms with van der Waals surface area (Å²) in [6, 6.07) is 8.62. The Hall–Kier alpha value is -0.380. The average Bonchev–Trinajstić information content (AvgIpc) is 2.23. The van der Waals surface area contributed by atoms with Gasteiger partial charge in [-0.15, -0.1) is 0 Å². The van der Waals surface area contributed by atoms with Crippen LogP contribution in [0.15, 0.2) is 28.7 Å². The van der Waals surface area contributed by atoms with E-state index in [2.05, 4.69) is 67.1 Å². The Kier molecular flexibility index (Phi) is 5.63. The molecule has 0 heterocycles. The minimum Gasteiger partial charge on any atom is -0.375 e. The summed E-state index contributed by atoms with van der Waals surface area (Å²) in [5.41, 5.74) is 1.22. The Balaban J connectivity index is 2.36. The number of hydrogen-bond acceptors (Lipinski definition) is 2. The van der Waals surface area contributed by atoms with Crippen LogP contribution < -0.4 is 5.32 Å². The first-order chi connectivity index (χ1) is 7.90. The third-order valence-electron chi connectivity index (χ3n) is 2.46. The van der Waals surface area contributed by atoms with E-state index in [9.17, 15) is 0 Å². The summed E-state index contributed by atoms with van der Waals surface area (Å²) >= 11 is 3.57. The highest BCUT2D eigenvalue weighted by Crippen LogP contribution is 2.22. The van der Waals surface area contributed by atoms with E-state index in [0.717, 1.165) is 17.6 Å². The molecule has 0 aliphatic carbocycles. The van der Waals surface area contributed by atoms with Gasteiger partial charge in [-0.2, -0.15) is 0 Å². The maximum Gasteiger partial charge on any atom is 0.0599 e. The molecule has 1 rings (SSSR count). The monoisotopic (exact) mass is 299 g/mol. The van der Waals surface area contributed by atoms with Crippen molar-refractivity contribution in [3.63, 3.8) is 0 Å². The molecule has 1 atom stereocenters. The fraction of sp³-hybridized carbons (Fsp3) is 0.571. The van der Waals surface area contributed by atoms with Gasteiger partial charge in [0.15, 0.2) is 0 Å². The second-order valence-electron chi connectivity index (χ2n) is 5.16. The normalized spacial score (nSPS) is 13.7. The molecule has 1 aromatic carbocycles. The molecule has 0 saturated carbocycles. The molecule has 0 spiro atoms. The lowest BCUT2D eigenvalue weighted by Gasteiger charge is -2.21. The van der Waals surface area contributed by atoms with Crippen LogP contribution in [0.3, 0.4) is 0 Å². The van der Waals surface area contributed by atoms with Crippen LogP contribution in [0, 0.1) is 0 Å². The number of halogens is 1. The highest BCUT2D eigenvalue weighted by atomic mass is 79.9. The Morgan fingerprint density at radius 2 is 1.94 bits per heavy atom. The summed E-state index contributed by atoms with van der Waals surface area (Å²) in [6.07, 6.45) is 0. The van der Waals surface area contributed by atoms with Gasteiger partial charge in [0.25, 0.3) is 0 Å². The minimum atomic E-state index is -0.0573. The summed E-state index contributed by atoms with van der Waals surface area (Å²) in [7, 11) is 0. The second-order valence-corrected chi connectivity index (χ2v) is 6.01. The van der Waals surface area contributed by atoms with Crippen LogP contribution in [-0.4, -0.2) is 18.8 Å². The van der Waals surface area contributed by atoms with Crippen molar-refractivity contribution in [2.45, 2.75) is 39.3 Å². The first kappa shape index (κ1) is 14.7. The molecule has 0 aromatic heterocycles. The Bertz CT molecular complexity index is 346. The van der Waals surface area contributed by atoms with E-state index < -0.39 is 0 Å². The zero-order chi connectivity index (χ0) is 12.9. The van der Waals surface area contributed by atoms with E-state index >= 15 is 0 Å². The van der Waals surface area contributed by atoms with Gasteiger partial charge < -0.3 is 10.1 Å². The number of hydrogen-bond donors (Lipinski definition) is 1. The molecule has 17 heavy (non-hydrogen) atoms. The molecule has 0 unspecified atom stereocenters. The Labute approximate surface area is 113 Å². The molecule has 0 fully saturated rings. The topological polar surface area (TPSA) is 21.3 Å². The molecule has 1 aromatic rings. The molecule has 0 aliphatic rings.